The van der Waals surface area contributed by atoms with Crippen LogP contribution in [0.4, 0.5) is 0 Å². The summed E-state index contributed by atoms with van der Waals surface area (Å²) < 4.78 is 4.76. The Hall–Kier alpha value is -0.313. The largest absolute Gasteiger partial charge is 0.529 e. The maximum absolute atomic E-state index is 11.0. The van der Waals surface area contributed by atoms with E-state index in [1.807, 2.05) is 20.8 Å². The van der Waals surface area contributed by atoms with E-state index in [0.29, 0.717) is 16.4 Å². The van der Waals surface area contributed by atoms with E-state index in [-0.39, 0.29) is 11.9 Å². The second kappa shape index (κ2) is 4.49. The number of carbonyl (C=O) groups excluding carboxylic acids is 1. The van der Waals surface area contributed by atoms with Crippen LogP contribution in [0.5, 0.6) is 0 Å². The van der Waals surface area contributed by atoms with Gasteiger partial charge in [-0.1, -0.05) is 20.8 Å². The molecule has 0 N–H and O–H groups in total. The number of hydrogen-bond acceptors (Lipinski definition) is 2. The summed E-state index contributed by atoms with van der Waals surface area (Å²) in [6.07, 6.45) is 0.888. The normalized spacial score (nSPS) is 13.6. The third-order valence-electron chi connectivity index (χ3n) is 1.75. The van der Waals surface area contributed by atoms with Crippen LogP contribution in [0.1, 0.15) is 27.2 Å². The van der Waals surface area contributed by atoms with Gasteiger partial charge in [0.1, 0.15) is 0 Å². The molecule has 0 aliphatic carbocycles. The van der Waals surface area contributed by atoms with Crippen molar-refractivity contribution in [2.75, 3.05) is 0 Å². The van der Waals surface area contributed by atoms with E-state index in [2.05, 4.69) is 0 Å². The molecule has 0 saturated heterocycles. The molecule has 0 aromatic heterocycles. The van der Waals surface area contributed by atoms with Crippen molar-refractivity contribution in [3.05, 3.63) is 0 Å². The fraction of sp³-hybridized carbons (Fsp3) is 0.857. The van der Waals surface area contributed by atoms with E-state index < -0.39 is 0 Å². The van der Waals surface area contributed by atoms with Gasteiger partial charge in [0.05, 0.1) is 5.92 Å². The highest BCUT2D eigenvalue weighted by molar-refractivity contribution is 6.05. The van der Waals surface area contributed by atoms with Crippen LogP contribution in [0, 0.1) is 11.8 Å². The van der Waals surface area contributed by atoms with Crippen molar-refractivity contribution in [3.8, 4) is 0 Å². The molecule has 0 aliphatic heterocycles. The first-order valence-corrected chi connectivity index (χ1v) is 4.53. The van der Waals surface area contributed by atoms with Gasteiger partial charge in [-0.25, -0.2) is 0 Å². The number of carbonyl (C=O) groups is 1. The van der Waals surface area contributed by atoms with Gasteiger partial charge in [-0.05, 0) is 12.3 Å². The molecule has 0 bridgehead atoms. The Morgan fingerprint density at radius 2 is 2.10 bits per heavy atom. The third kappa shape index (κ3) is 2.52. The molecule has 0 aromatic carbocycles. The highest BCUT2D eigenvalue weighted by Gasteiger charge is 2.19. The number of hydrogen-bond donors (Lipinski definition) is 0. The van der Waals surface area contributed by atoms with Gasteiger partial charge in [-0.15, -0.1) is 0 Å². The Morgan fingerprint density at radius 3 is 2.20 bits per heavy atom. The first-order chi connectivity index (χ1) is 4.63. The fourth-order valence-corrected chi connectivity index (χ4v) is 1.36. The van der Waals surface area contributed by atoms with Crippen LogP contribution < -0.4 is 0 Å². The summed E-state index contributed by atoms with van der Waals surface area (Å²) in [5, 5.41) is 0. The summed E-state index contributed by atoms with van der Waals surface area (Å²) in [5.74, 6) is 0.494. The lowest BCUT2D eigenvalue weighted by atomic mass is 9.94. The standard InChI is InChI=1S/C7H16O2Si/c1-4-6(5(2)3)7(8)9-10/h5-6H,4H2,1-3,10H3. The first-order valence-electron chi connectivity index (χ1n) is 3.71. The lowest BCUT2D eigenvalue weighted by Gasteiger charge is -2.15. The molecule has 1 unspecified atom stereocenters. The molecule has 1 atom stereocenters. The predicted octanol–water partition coefficient (Wildman–Crippen LogP) is 0.492. The Balaban J connectivity index is 3.93. The Kier molecular flexibility index (Phi) is 4.35. The van der Waals surface area contributed by atoms with E-state index in [1.54, 1.807) is 0 Å². The molecule has 3 heteroatoms. The summed E-state index contributed by atoms with van der Waals surface area (Å²) in [4.78, 5) is 11.0. The van der Waals surface area contributed by atoms with Gasteiger partial charge in [0.15, 0.2) is 0 Å². The van der Waals surface area contributed by atoms with Crippen molar-refractivity contribution in [2.45, 2.75) is 27.2 Å². The average Bonchev–Trinajstić information content (AvgIpc) is 1.88. The van der Waals surface area contributed by atoms with Gasteiger partial charge in [0.25, 0.3) is 5.97 Å². The topological polar surface area (TPSA) is 26.3 Å². The molecule has 0 aromatic rings. The molecule has 0 fully saturated rings. The van der Waals surface area contributed by atoms with Crippen molar-refractivity contribution >= 4 is 16.5 Å². The monoisotopic (exact) mass is 160 g/mol. The minimum absolute atomic E-state index is 0.0239. The van der Waals surface area contributed by atoms with Crippen molar-refractivity contribution in [1.82, 2.24) is 0 Å². The van der Waals surface area contributed by atoms with E-state index in [9.17, 15) is 4.79 Å². The lowest BCUT2D eigenvalue weighted by molar-refractivity contribution is -0.140. The highest BCUT2D eigenvalue weighted by atomic mass is 28.2. The smallest absolute Gasteiger partial charge is 0.295 e. The SMILES string of the molecule is CCC(C(=O)O[SiH3])C(C)C. The lowest BCUT2D eigenvalue weighted by Crippen LogP contribution is -2.20. The highest BCUT2D eigenvalue weighted by Crippen LogP contribution is 2.15. The van der Waals surface area contributed by atoms with Crippen molar-refractivity contribution in [3.63, 3.8) is 0 Å². The van der Waals surface area contributed by atoms with Gasteiger partial charge < -0.3 is 4.43 Å². The Labute approximate surface area is 65.5 Å². The second-order valence-electron chi connectivity index (χ2n) is 2.78. The van der Waals surface area contributed by atoms with Gasteiger partial charge >= 0.3 is 0 Å². The minimum Gasteiger partial charge on any atom is -0.529 e. The molecule has 0 heterocycles. The quantitative estimate of drug-likeness (QED) is 0.562. The Bertz CT molecular complexity index is 112. The molecule has 0 amide bonds. The van der Waals surface area contributed by atoms with Gasteiger partial charge in [-0.2, -0.15) is 0 Å². The molecule has 0 radical (unpaired) electrons. The second-order valence-corrected chi connectivity index (χ2v) is 3.19. The third-order valence-corrected chi connectivity index (χ3v) is 2.15. The molecule has 0 rings (SSSR count). The fourth-order valence-electron chi connectivity index (χ4n) is 1.06. The maximum atomic E-state index is 11.0. The molecular weight excluding hydrogens is 144 g/mol. The zero-order valence-corrected chi connectivity index (χ0v) is 9.18. The molecule has 0 spiro atoms. The van der Waals surface area contributed by atoms with E-state index >= 15 is 0 Å². The van der Waals surface area contributed by atoms with E-state index in [0.717, 1.165) is 6.42 Å². The van der Waals surface area contributed by atoms with Crippen molar-refractivity contribution in [2.24, 2.45) is 11.8 Å². The molecular formula is C7H16O2Si. The van der Waals surface area contributed by atoms with Crippen molar-refractivity contribution < 1.29 is 9.22 Å². The van der Waals surface area contributed by atoms with Gasteiger partial charge in [0.2, 0.25) is 10.5 Å². The predicted molar refractivity (Wildman–Crippen MR) is 44.7 cm³/mol. The molecule has 10 heavy (non-hydrogen) atoms. The van der Waals surface area contributed by atoms with Crippen LogP contribution in [0.2, 0.25) is 0 Å². The zero-order valence-electron chi connectivity index (χ0n) is 7.18. The van der Waals surface area contributed by atoms with Crippen LogP contribution in [0.3, 0.4) is 0 Å². The van der Waals surface area contributed by atoms with Crippen LogP contribution in [-0.4, -0.2) is 16.5 Å². The van der Waals surface area contributed by atoms with Crippen LogP contribution in [0.25, 0.3) is 0 Å². The zero-order chi connectivity index (χ0) is 8.15. The van der Waals surface area contributed by atoms with E-state index in [4.69, 9.17) is 4.43 Å². The summed E-state index contributed by atoms with van der Waals surface area (Å²) in [6, 6.07) is 0. The van der Waals surface area contributed by atoms with Gasteiger partial charge in [0, 0.05) is 0 Å². The Morgan fingerprint density at radius 1 is 1.60 bits per heavy atom. The molecule has 60 valence electrons. The molecule has 2 nitrogen and oxygen atoms in total. The summed E-state index contributed by atoms with van der Waals surface area (Å²) in [7, 11) is 0.522. The molecule has 0 saturated carbocycles. The van der Waals surface area contributed by atoms with Crippen LogP contribution in [0.15, 0.2) is 0 Å². The van der Waals surface area contributed by atoms with Gasteiger partial charge in [-0.3, -0.25) is 4.79 Å². The van der Waals surface area contributed by atoms with Crippen LogP contribution >= 0.6 is 0 Å². The maximum Gasteiger partial charge on any atom is 0.295 e. The average molecular weight is 160 g/mol. The minimum atomic E-state index is -0.0239. The first kappa shape index (κ1) is 9.69. The number of rotatable bonds is 3. The van der Waals surface area contributed by atoms with Crippen molar-refractivity contribution in [1.29, 1.82) is 0 Å². The summed E-state index contributed by atoms with van der Waals surface area (Å²) >= 11 is 0. The molecule has 0 aliphatic rings. The van der Waals surface area contributed by atoms with E-state index in [1.165, 1.54) is 0 Å². The summed E-state index contributed by atoms with van der Waals surface area (Å²) in [5.41, 5.74) is 0. The van der Waals surface area contributed by atoms with Crippen LogP contribution in [-0.2, 0) is 9.22 Å². The summed E-state index contributed by atoms with van der Waals surface area (Å²) in [6.45, 7) is 6.11.